The first-order chi connectivity index (χ1) is 19.7. The molecule has 2 aromatic carbocycles. The average molecular weight is 555 g/mol. The molecule has 0 N–H and O–H groups in total. The Labute approximate surface area is 243 Å². The van der Waals surface area contributed by atoms with Gasteiger partial charge >= 0.3 is 0 Å². The third-order valence-electron chi connectivity index (χ3n) is 8.32. The number of benzene rings is 2. The largest absolute Gasteiger partial charge is 0.477 e. The standard InChI is InChI=1S/C35H42N2O4/c1-22(2)30-13-7-24(5)34-32(30)18-36(20-38-34)16-28-11-9-26(40-28)15-27-10-12-29(41-27)17-37-19-33-31(23(3)4)14-8-25(6)35(33)39-21-37/h7-14,22-23H,15-21H2,1-6H3. The fourth-order valence-electron chi connectivity index (χ4n) is 6.20. The minimum Gasteiger partial charge on any atom is -0.477 e. The Kier molecular flexibility index (Phi) is 7.71. The Hall–Kier alpha value is -3.48. The smallest absolute Gasteiger partial charge is 0.142 e. The lowest BCUT2D eigenvalue weighted by atomic mass is 9.93. The quantitative estimate of drug-likeness (QED) is 0.220. The Bertz CT molecular complexity index is 1420. The Morgan fingerprint density at radius 3 is 1.41 bits per heavy atom. The number of ether oxygens (including phenoxy) is 2. The van der Waals surface area contributed by atoms with Crippen LogP contribution in [-0.2, 0) is 32.6 Å². The van der Waals surface area contributed by atoms with Gasteiger partial charge in [-0.2, -0.15) is 0 Å². The van der Waals surface area contributed by atoms with Crippen LogP contribution in [0.25, 0.3) is 0 Å². The van der Waals surface area contributed by atoms with E-state index >= 15 is 0 Å². The normalized spacial score (nSPS) is 15.6. The van der Waals surface area contributed by atoms with Gasteiger partial charge in [-0.15, -0.1) is 0 Å². The Morgan fingerprint density at radius 1 is 0.585 bits per heavy atom. The number of aryl methyl sites for hydroxylation is 2. The molecule has 6 heteroatoms. The van der Waals surface area contributed by atoms with Gasteiger partial charge in [0, 0.05) is 24.2 Å². The highest BCUT2D eigenvalue weighted by atomic mass is 16.5. The lowest BCUT2D eigenvalue weighted by Crippen LogP contribution is -2.32. The van der Waals surface area contributed by atoms with Gasteiger partial charge in [-0.1, -0.05) is 52.0 Å². The molecule has 2 aliphatic rings. The van der Waals surface area contributed by atoms with Crippen molar-refractivity contribution in [2.24, 2.45) is 0 Å². The van der Waals surface area contributed by atoms with Crippen LogP contribution in [0.2, 0.25) is 0 Å². The van der Waals surface area contributed by atoms with Crippen LogP contribution in [0.4, 0.5) is 0 Å². The molecule has 0 fully saturated rings. The van der Waals surface area contributed by atoms with E-state index in [1.807, 2.05) is 0 Å². The molecular formula is C35H42N2O4. The summed E-state index contributed by atoms with van der Waals surface area (Å²) in [6.07, 6.45) is 0.631. The van der Waals surface area contributed by atoms with E-state index < -0.39 is 0 Å². The summed E-state index contributed by atoms with van der Waals surface area (Å²) in [5.74, 6) is 6.72. The predicted molar refractivity (Wildman–Crippen MR) is 160 cm³/mol. The van der Waals surface area contributed by atoms with Crippen LogP contribution in [0, 0.1) is 13.8 Å². The zero-order valence-electron chi connectivity index (χ0n) is 25.3. The maximum absolute atomic E-state index is 6.24. The lowest BCUT2D eigenvalue weighted by molar-refractivity contribution is 0.0801. The van der Waals surface area contributed by atoms with Crippen LogP contribution in [0.15, 0.2) is 57.4 Å². The summed E-state index contributed by atoms with van der Waals surface area (Å²) in [5, 5.41) is 0. The van der Waals surface area contributed by atoms with Crippen molar-refractivity contribution in [1.29, 1.82) is 0 Å². The minimum absolute atomic E-state index is 0.460. The third-order valence-corrected chi connectivity index (χ3v) is 8.32. The molecule has 2 aliphatic heterocycles. The van der Waals surface area contributed by atoms with Crippen molar-refractivity contribution >= 4 is 0 Å². The van der Waals surface area contributed by atoms with Crippen molar-refractivity contribution in [3.05, 3.63) is 105 Å². The SMILES string of the molecule is Cc1ccc(C(C)C)c2c1OCN(Cc1ccc(Cc3ccc(CN4COc5c(C)ccc(C(C)C)c5C4)o3)o1)C2. The highest BCUT2D eigenvalue weighted by Crippen LogP contribution is 2.37. The molecule has 6 rings (SSSR count). The van der Waals surface area contributed by atoms with E-state index in [0.717, 1.165) is 47.6 Å². The number of hydrogen-bond acceptors (Lipinski definition) is 6. The summed E-state index contributed by atoms with van der Waals surface area (Å²) < 4.78 is 24.9. The van der Waals surface area contributed by atoms with Gasteiger partial charge in [-0.25, -0.2) is 0 Å². The van der Waals surface area contributed by atoms with Crippen LogP contribution in [0.1, 0.15) is 96.0 Å². The second-order valence-electron chi connectivity index (χ2n) is 12.3. The first-order valence-corrected chi connectivity index (χ1v) is 14.9. The predicted octanol–water partition coefficient (Wildman–Crippen LogP) is 8.03. The van der Waals surface area contributed by atoms with Gasteiger partial charge in [-0.05, 0) is 72.2 Å². The van der Waals surface area contributed by atoms with Crippen LogP contribution in [0.3, 0.4) is 0 Å². The average Bonchev–Trinajstić information content (AvgIpc) is 3.57. The molecule has 0 bridgehead atoms. The van der Waals surface area contributed by atoms with Gasteiger partial charge < -0.3 is 18.3 Å². The summed E-state index contributed by atoms with van der Waals surface area (Å²) in [4.78, 5) is 4.60. The summed E-state index contributed by atoms with van der Waals surface area (Å²) >= 11 is 0. The van der Waals surface area contributed by atoms with Crippen molar-refractivity contribution < 1.29 is 18.3 Å². The minimum atomic E-state index is 0.460. The first-order valence-electron chi connectivity index (χ1n) is 14.9. The topological polar surface area (TPSA) is 51.2 Å². The number of furan rings is 2. The molecule has 0 aliphatic carbocycles. The van der Waals surface area contributed by atoms with E-state index in [2.05, 4.69) is 99.9 Å². The molecule has 0 spiro atoms. The van der Waals surface area contributed by atoms with Crippen LogP contribution in [-0.4, -0.2) is 23.3 Å². The van der Waals surface area contributed by atoms with Gasteiger partial charge in [0.1, 0.15) is 48.0 Å². The number of nitrogens with zero attached hydrogens (tertiary/aromatic N) is 2. The van der Waals surface area contributed by atoms with Crippen LogP contribution < -0.4 is 9.47 Å². The van der Waals surface area contributed by atoms with Crippen molar-refractivity contribution in [2.45, 2.75) is 86.0 Å². The molecular weight excluding hydrogens is 512 g/mol. The zero-order chi connectivity index (χ0) is 28.7. The van der Waals surface area contributed by atoms with E-state index in [0.29, 0.717) is 44.8 Å². The highest BCUT2D eigenvalue weighted by Gasteiger charge is 2.25. The van der Waals surface area contributed by atoms with E-state index in [1.165, 1.54) is 33.4 Å². The van der Waals surface area contributed by atoms with Gasteiger partial charge in [0.15, 0.2) is 0 Å². The fraction of sp³-hybridized carbons (Fsp3) is 0.429. The summed E-state index contributed by atoms with van der Waals surface area (Å²) in [5.41, 5.74) is 7.74. The maximum atomic E-state index is 6.24. The van der Waals surface area contributed by atoms with Gasteiger partial charge in [0.2, 0.25) is 0 Å². The summed E-state index contributed by atoms with van der Waals surface area (Å²) in [6.45, 7) is 17.5. The fourth-order valence-corrected chi connectivity index (χ4v) is 6.20. The van der Waals surface area contributed by atoms with E-state index in [-0.39, 0.29) is 0 Å². The molecule has 41 heavy (non-hydrogen) atoms. The molecule has 0 amide bonds. The molecule has 4 heterocycles. The molecule has 2 aromatic heterocycles. The third kappa shape index (κ3) is 5.81. The number of rotatable bonds is 8. The summed E-state index contributed by atoms with van der Waals surface area (Å²) in [6, 6.07) is 17.1. The van der Waals surface area contributed by atoms with E-state index in [1.54, 1.807) is 0 Å². The van der Waals surface area contributed by atoms with Crippen molar-refractivity contribution in [3.8, 4) is 11.5 Å². The molecule has 0 radical (unpaired) electrons. The number of hydrogen-bond donors (Lipinski definition) is 0. The van der Waals surface area contributed by atoms with Crippen molar-refractivity contribution in [2.75, 3.05) is 13.5 Å². The second kappa shape index (κ2) is 11.4. The van der Waals surface area contributed by atoms with Crippen LogP contribution >= 0.6 is 0 Å². The van der Waals surface area contributed by atoms with Crippen molar-refractivity contribution in [3.63, 3.8) is 0 Å². The highest BCUT2D eigenvalue weighted by molar-refractivity contribution is 5.49. The van der Waals surface area contributed by atoms with Gasteiger partial charge in [-0.3, -0.25) is 9.80 Å². The van der Waals surface area contributed by atoms with Gasteiger partial charge in [0.05, 0.1) is 19.5 Å². The maximum Gasteiger partial charge on any atom is 0.142 e. The van der Waals surface area contributed by atoms with Crippen molar-refractivity contribution in [1.82, 2.24) is 9.80 Å². The Balaban J connectivity index is 1.07. The molecule has 0 saturated heterocycles. The lowest BCUT2D eigenvalue weighted by Gasteiger charge is -2.31. The first kappa shape index (κ1) is 27.7. The second-order valence-corrected chi connectivity index (χ2v) is 12.3. The monoisotopic (exact) mass is 554 g/mol. The number of fused-ring (bicyclic) bond motifs is 2. The molecule has 6 nitrogen and oxygen atoms in total. The van der Waals surface area contributed by atoms with Gasteiger partial charge in [0.25, 0.3) is 0 Å². The molecule has 0 saturated carbocycles. The molecule has 0 atom stereocenters. The molecule has 4 aromatic rings. The summed E-state index contributed by atoms with van der Waals surface area (Å²) in [7, 11) is 0. The van der Waals surface area contributed by atoms with Crippen LogP contribution in [0.5, 0.6) is 11.5 Å². The zero-order valence-corrected chi connectivity index (χ0v) is 25.3. The van der Waals surface area contributed by atoms with E-state index in [4.69, 9.17) is 18.3 Å². The van der Waals surface area contributed by atoms with E-state index in [9.17, 15) is 0 Å². The molecule has 0 unspecified atom stereocenters. The Morgan fingerprint density at radius 2 is 1.00 bits per heavy atom. The molecule has 216 valence electrons.